The fraction of sp³-hybridized carbons (Fsp3) is 0.950. The smallest absolute Gasteiger partial charge is 0.223 e. The van der Waals surface area contributed by atoms with Gasteiger partial charge in [-0.3, -0.25) is 4.79 Å². The van der Waals surface area contributed by atoms with Gasteiger partial charge in [0.15, 0.2) is 0 Å². The van der Waals surface area contributed by atoms with Gasteiger partial charge in [-0.2, -0.15) is 0 Å². The monoisotopic (exact) mass is 301 g/mol. The van der Waals surface area contributed by atoms with Crippen molar-refractivity contribution in [2.45, 2.75) is 77.2 Å². The van der Waals surface area contributed by atoms with Gasteiger partial charge < -0.3 is 5.32 Å². The molecule has 2 nitrogen and oxygen atoms in total. The van der Waals surface area contributed by atoms with Crippen LogP contribution < -0.4 is 5.32 Å². The molecule has 0 heterocycles. The molecule has 22 heavy (non-hydrogen) atoms. The number of carbonyl (C=O) groups is 1. The van der Waals surface area contributed by atoms with E-state index < -0.39 is 0 Å². The van der Waals surface area contributed by atoms with Crippen molar-refractivity contribution in [3.8, 4) is 0 Å². The molecule has 2 heteroatoms. The van der Waals surface area contributed by atoms with E-state index in [0.29, 0.717) is 29.2 Å². The van der Waals surface area contributed by atoms with Gasteiger partial charge in [0.2, 0.25) is 5.91 Å². The van der Waals surface area contributed by atoms with E-state index in [1.165, 1.54) is 64.2 Å². The summed E-state index contributed by atoms with van der Waals surface area (Å²) in [6.45, 7) is 2.33. The molecule has 4 unspecified atom stereocenters. The number of hydrogen-bond acceptors (Lipinski definition) is 1. The quantitative estimate of drug-likeness (QED) is 0.834. The molecule has 6 bridgehead atoms. The average Bonchev–Trinajstić information content (AvgIpc) is 3.08. The molecule has 0 aromatic carbocycles. The van der Waals surface area contributed by atoms with Gasteiger partial charge >= 0.3 is 0 Å². The van der Waals surface area contributed by atoms with E-state index in [1.54, 1.807) is 0 Å². The molecule has 0 spiro atoms. The summed E-state index contributed by atoms with van der Waals surface area (Å²) in [5.74, 6) is 5.30. The van der Waals surface area contributed by atoms with E-state index in [0.717, 1.165) is 23.7 Å². The molecule has 6 saturated carbocycles. The predicted molar refractivity (Wildman–Crippen MR) is 87.1 cm³/mol. The van der Waals surface area contributed by atoms with E-state index in [9.17, 15) is 4.79 Å². The second kappa shape index (κ2) is 4.74. The Hall–Kier alpha value is -0.530. The van der Waals surface area contributed by atoms with Gasteiger partial charge in [-0.05, 0) is 99.7 Å². The Kier molecular flexibility index (Phi) is 2.99. The maximum absolute atomic E-state index is 12.8. The van der Waals surface area contributed by atoms with Crippen LogP contribution in [0.4, 0.5) is 0 Å². The van der Waals surface area contributed by atoms with Gasteiger partial charge in [-0.1, -0.05) is 6.42 Å². The SMILES string of the molecule is CC(NC(=O)C1CC2CCC1C2)C12CC3CC(CC(C3)C1)C2. The minimum Gasteiger partial charge on any atom is -0.353 e. The third kappa shape index (κ3) is 2.01. The van der Waals surface area contributed by atoms with Crippen molar-refractivity contribution in [2.24, 2.45) is 40.9 Å². The maximum Gasteiger partial charge on any atom is 0.223 e. The lowest BCUT2D eigenvalue weighted by molar-refractivity contribution is -0.131. The highest BCUT2D eigenvalue weighted by atomic mass is 16.2. The average molecular weight is 301 g/mol. The maximum atomic E-state index is 12.8. The molecule has 6 aliphatic carbocycles. The molecular weight excluding hydrogens is 270 g/mol. The van der Waals surface area contributed by atoms with Crippen LogP contribution in [0.25, 0.3) is 0 Å². The molecule has 1 N–H and O–H groups in total. The lowest BCUT2D eigenvalue weighted by Crippen LogP contribution is -2.56. The summed E-state index contributed by atoms with van der Waals surface area (Å²) < 4.78 is 0. The molecule has 0 aliphatic heterocycles. The Labute approximate surface area is 134 Å². The summed E-state index contributed by atoms with van der Waals surface area (Å²) in [6.07, 6.45) is 13.9. The zero-order chi connectivity index (χ0) is 14.9. The highest BCUT2D eigenvalue weighted by Gasteiger charge is 2.54. The van der Waals surface area contributed by atoms with Crippen molar-refractivity contribution in [1.82, 2.24) is 5.32 Å². The number of hydrogen-bond donors (Lipinski definition) is 1. The van der Waals surface area contributed by atoms with Gasteiger partial charge in [-0.25, -0.2) is 0 Å². The van der Waals surface area contributed by atoms with Crippen molar-refractivity contribution < 1.29 is 4.79 Å². The Morgan fingerprint density at radius 1 is 0.909 bits per heavy atom. The molecule has 6 aliphatic rings. The highest BCUT2D eigenvalue weighted by molar-refractivity contribution is 5.79. The number of fused-ring (bicyclic) bond motifs is 2. The van der Waals surface area contributed by atoms with Crippen LogP contribution in [0.2, 0.25) is 0 Å². The zero-order valence-electron chi connectivity index (χ0n) is 14.0. The molecule has 4 atom stereocenters. The minimum atomic E-state index is 0.357. The lowest BCUT2D eigenvalue weighted by Gasteiger charge is -2.59. The summed E-state index contributed by atoms with van der Waals surface area (Å²) in [4.78, 5) is 12.8. The molecule has 6 fully saturated rings. The van der Waals surface area contributed by atoms with Gasteiger partial charge in [0.1, 0.15) is 0 Å². The normalized spacial score (nSPS) is 53.0. The van der Waals surface area contributed by atoms with Crippen LogP contribution in [0, 0.1) is 40.9 Å². The van der Waals surface area contributed by atoms with Crippen LogP contribution in [-0.2, 0) is 4.79 Å². The van der Waals surface area contributed by atoms with Gasteiger partial charge in [0, 0.05) is 12.0 Å². The first kappa shape index (κ1) is 13.9. The van der Waals surface area contributed by atoms with E-state index in [2.05, 4.69) is 12.2 Å². The van der Waals surface area contributed by atoms with E-state index in [1.807, 2.05) is 0 Å². The fourth-order valence-electron chi connectivity index (χ4n) is 7.75. The summed E-state index contributed by atoms with van der Waals surface area (Å²) in [7, 11) is 0. The number of carbonyl (C=O) groups excluding carboxylic acids is 1. The highest BCUT2D eigenvalue weighted by Crippen LogP contribution is 2.61. The molecule has 0 aromatic rings. The lowest BCUT2D eigenvalue weighted by atomic mass is 9.48. The van der Waals surface area contributed by atoms with Crippen LogP contribution in [0.3, 0.4) is 0 Å². The minimum absolute atomic E-state index is 0.357. The molecule has 1 amide bonds. The van der Waals surface area contributed by atoms with Crippen LogP contribution in [-0.4, -0.2) is 11.9 Å². The number of amides is 1. The van der Waals surface area contributed by atoms with Gasteiger partial charge in [-0.15, -0.1) is 0 Å². The molecule has 0 aromatic heterocycles. The summed E-state index contributed by atoms with van der Waals surface area (Å²) in [5, 5.41) is 3.52. The van der Waals surface area contributed by atoms with Crippen LogP contribution in [0.5, 0.6) is 0 Å². The second-order valence-electron chi connectivity index (χ2n) is 9.79. The van der Waals surface area contributed by atoms with Crippen LogP contribution in [0.15, 0.2) is 0 Å². The Balaban J connectivity index is 1.28. The second-order valence-corrected chi connectivity index (χ2v) is 9.79. The zero-order valence-corrected chi connectivity index (χ0v) is 14.0. The standard InChI is InChI=1S/C20H31NO/c1-12(21-19(22)18-8-13-2-3-17(18)7-13)20-9-14-4-15(10-20)6-16(5-14)11-20/h12-18H,2-11H2,1H3,(H,21,22). The van der Waals surface area contributed by atoms with Crippen molar-refractivity contribution in [3.63, 3.8) is 0 Å². The first-order valence-corrected chi connectivity index (χ1v) is 9.92. The number of rotatable bonds is 3. The summed E-state index contributed by atoms with van der Waals surface area (Å²) in [6, 6.07) is 0.410. The van der Waals surface area contributed by atoms with Crippen molar-refractivity contribution in [2.75, 3.05) is 0 Å². The molecular formula is C20H31NO. The van der Waals surface area contributed by atoms with Gasteiger partial charge in [0.25, 0.3) is 0 Å². The predicted octanol–water partition coefficient (Wildman–Crippen LogP) is 4.14. The fourth-order valence-corrected chi connectivity index (χ4v) is 7.75. The van der Waals surface area contributed by atoms with Crippen molar-refractivity contribution in [3.05, 3.63) is 0 Å². The van der Waals surface area contributed by atoms with E-state index in [-0.39, 0.29) is 0 Å². The first-order valence-electron chi connectivity index (χ1n) is 9.92. The van der Waals surface area contributed by atoms with E-state index in [4.69, 9.17) is 0 Å². The Morgan fingerprint density at radius 3 is 2.05 bits per heavy atom. The van der Waals surface area contributed by atoms with E-state index >= 15 is 0 Å². The van der Waals surface area contributed by atoms with Crippen LogP contribution >= 0.6 is 0 Å². The largest absolute Gasteiger partial charge is 0.353 e. The summed E-state index contributed by atoms with van der Waals surface area (Å²) >= 11 is 0. The third-order valence-corrected chi connectivity index (χ3v) is 8.44. The molecule has 0 saturated heterocycles. The Morgan fingerprint density at radius 2 is 1.55 bits per heavy atom. The molecule has 6 rings (SSSR count). The van der Waals surface area contributed by atoms with Crippen molar-refractivity contribution in [1.29, 1.82) is 0 Å². The molecule has 0 radical (unpaired) electrons. The molecule has 122 valence electrons. The topological polar surface area (TPSA) is 29.1 Å². The third-order valence-electron chi connectivity index (χ3n) is 8.44. The number of nitrogens with one attached hydrogen (secondary N) is 1. The first-order chi connectivity index (χ1) is 10.6. The van der Waals surface area contributed by atoms with Gasteiger partial charge in [0.05, 0.1) is 0 Å². The van der Waals surface area contributed by atoms with Crippen molar-refractivity contribution >= 4 is 5.91 Å². The summed E-state index contributed by atoms with van der Waals surface area (Å²) in [5.41, 5.74) is 0.460. The Bertz CT molecular complexity index is 449. The van der Waals surface area contributed by atoms with Crippen LogP contribution in [0.1, 0.15) is 71.1 Å².